The molecule has 3 atom stereocenters. The molecule has 2 aromatic carbocycles. The van der Waals surface area contributed by atoms with Gasteiger partial charge >= 0.3 is 11.9 Å². The zero-order valence-electron chi connectivity index (χ0n) is 20.4. The molecule has 0 aliphatic carbocycles. The van der Waals surface area contributed by atoms with Crippen molar-refractivity contribution in [1.82, 2.24) is 0 Å². The van der Waals surface area contributed by atoms with E-state index in [-0.39, 0.29) is 27.6 Å². The molecule has 0 unspecified atom stereocenters. The number of anilines is 2. The molecular weight excluding hydrogens is 496 g/mol. The number of methoxy groups -OCH3 is 1. The minimum absolute atomic E-state index is 0.0200. The van der Waals surface area contributed by atoms with Gasteiger partial charge in [-0.25, -0.2) is 19.6 Å². The lowest BCUT2D eigenvalue weighted by Gasteiger charge is -2.28. The van der Waals surface area contributed by atoms with Gasteiger partial charge < -0.3 is 9.47 Å². The lowest BCUT2D eigenvalue weighted by molar-refractivity contribution is -0.126. The normalized spacial score (nSPS) is 20.8. The van der Waals surface area contributed by atoms with Crippen molar-refractivity contribution >= 4 is 45.8 Å². The highest BCUT2D eigenvalue weighted by molar-refractivity contribution is 7.19. The number of carbonyl (C=O) groups excluding carboxylic acids is 4. The van der Waals surface area contributed by atoms with Crippen LogP contribution in [-0.2, 0) is 23.9 Å². The average molecular weight is 521 g/mol. The van der Waals surface area contributed by atoms with Crippen LogP contribution < -0.4 is 9.96 Å². The highest BCUT2D eigenvalue weighted by Gasteiger charge is 2.61. The molecule has 5 rings (SSSR count). The zero-order chi connectivity index (χ0) is 26.3. The van der Waals surface area contributed by atoms with E-state index in [9.17, 15) is 19.2 Å². The highest BCUT2D eigenvalue weighted by Crippen LogP contribution is 2.49. The van der Waals surface area contributed by atoms with E-state index >= 15 is 0 Å². The maximum Gasteiger partial charge on any atom is 0.348 e. The van der Waals surface area contributed by atoms with Crippen LogP contribution in [0.15, 0.2) is 60.7 Å². The van der Waals surface area contributed by atoms with Crippen LogP contribution >= 0.6 is 11.3 Å². The third-order valence-electron chi connectivity index (χ3n) is 6.45. The number of amides is 2. The summed E-state index contributed by atoms with van der Waals surface area (Å²) in [5.41, 5.74) is 1.76. The van der Waals surface area contributed by atoms with Crippen molar-refractivity contribution in [3.63, 3.8) is 0 Å². The zero-order valence-corrected chi connectivity index (χ0v) is 21.2. The smallest absolute Gasteiger partial charge is 0.348 e. The van der Waals surface area contributed by atoms with Crippen LogP contribution in [0.25, 0.3) is 0 Å². The predicted molar refractivity (Wildman–Crippen MR) is 135 cm³/mol. The Hall–Kier alpha value is -4.02. The van der Waals surface area contributed by atoms with Crippen LogP contribution in [0, 0.1) is 12.8 Å². The minimum Gasteiger partial charge on any atom is -0.465 e. The van der Waals surface area contributed by atoms with E-state index in [1.807, 2.05) is 60.7 Å². The van der Waals surface area contributed by atoms with Crippen molar-refractivity contribution in [2.75, 3.05) is 23.7 Å². The second-order valence-corrected chi connectivity index (χ2v) is 9.53. The van der Waals surface area contributed by atoms with Gasteiger partial charge in [-0.1, -0.05) is 48.5 Å². The third-order valence-corrected chi connectivity index (χ3v) is 7.71. The first-order valence-electron chi connectivity index (χ1n) is 11.7. The van der Waals surface area contributed by atoms with Crippen molar-refractivity contribution < 1.29 is 33.5 Å². The van der Waals surface area contributed by atoms with E-state index in [0.717, 1.165) is 21.8 Å². The van der Waals surface area contributed by atoms with Crippen LogP contribution in [0.1, 0.15) is 44.1 Å². The Morgan fingerprint density at radius 3 is 2.24 bits per heavy atom. The summed E-state index contributed by atoms with van der Waals surface area (Å²) in [6, 6.07) is 18.0. The van der Waals surface area contributed by atoms with E-state index < -0.39 is 41.8 Å². The molecule has 0 radical (unpaired) electrons. The molecule has 0 saturated carbocycles. The summed E-state index contributed by atoms with van der Waals surface area (Å²) in [4.78, 5) is 60.2. The van der Waals surface area contributed by atoms with Gasteiger partial charge in [-0.2, -0.15) is 0 Å². The summed E-state index contributed by atoms with van der Waals surface area (Å²) in [6.07, 6.45) is -1.11. The van der Waals surface area contributed by atoms with Gasteiger partial charge in [-0.3, -0.25) is 14.4 Å². The number of para-hydroxylation sites is 1. The van der Waals surface area contributed by atoms with E-state index in [0.29, 0.717) is 5.69 Å². The second-order valence-electron chi connectivity index (χ2n) is 8.53. The van der Waals surface area contributed by atoms with Crippen molar-refractivity contribution in [2.45, 2.75) is 26.0 Å². The summed E-state index contributed by atoms with van der Waals surface area (Å²) >= 11 is 0.855. The number of esters is 2. The summed E-state index contributed by atoms with van der Waals surface area (Å²) in [5.74, 6) is -3.42. The molecular formula is C27H24N2O7S. The number of rotatable bonds is 6. The molecule has 1 aromatic heterocycles. The SMILES string of the molecule is CCOC(=O)c1sc(N2C(=O)[C@H]3[C@H](ON(c4ccccc4)[C@@H]3c3ccccc3)C2=O)c(C(=O)OC)c1C. The number of hydroxylamine groups is 1. The van der Waals surface area contributed by atoms with Crippen LogP contribution in [-0.4, -0.2) is 43.6 Å². The van der Waals surface area contributed by atoms with Gasteiger partial charge in [0.15, 0.2) is 6.10 Å². The molecule has 3 aromatic rings. The average Bonchev–Trinajstić information content (AvgIpc) is 3.55. The Balaban J connectivity index is 1.60. The summed E-state index contributed by atoms with van der Waals surface area (Å²) in [6.45, 7) is 3.36. The van der Waals surface area contributed by atoms with Crippen LogP contribution in [0.5, 0.6) is 0 Å². The molecule has 2 amide bonds. The van der Waals surface area contributed by atoms with E-state index in [4.69, 9.17) is 14.3 Å². The fraction of sp³-hybridized carbons (Fsp3) is 0.259. The standard InChI is InChI=1S/C27H24N2O7S/c1-4-35-27(33)22-15(2)18(26(32)34-3)25(37-22)28-23(30)19-20(16-11-7-5-8-12-16)29(36-21(19)24(28)31)17-13-9-6-10-14-17/h5-14,19-21H,4H2,1-3H3/t19-,20-,21+/m1/s1. The molecule has 2 fully saturated rings. The van der Waals surface area contributed by atoms with Gasteiger partial charge in [-0.05, 0) is 37.1 Å². The molecule has 9 nitrogen and oxygen atoms in total. The molecule has 2 aliphatic rings. The van der Waals surface area contributed by atoms with Gasteiger partial charge in [0.1, 0.15) is 15.8 Å². The fourth-order valence-electron chi connectivity index (χ4n) is 4.79. The summed E-state index contributed by atoms with van der Waals surface area (Å²) < 4.78 is 10.0. The fourth-order valence-corrected chi connectivity index (χ4v) is 5.99. The number of benzene rings is 2. The first-order valence-corrected chi connectivity index (χ1v) is 12.5. The Morgan fingerprint density at radius 2 is 1.62 bits per heavy atom. The molecule has 10 heteroatoms. The molecule has 37 heavy (non-hydrogen) atoms. The van der Waals surface area contributed by atoms with Crippen molar-refractivity contribution in [3.05, 3.63) is 82.2 Å². The number of nitrogens with zero attached hydrogens (tertiary/aromatic N) is 2. The summed E-state index contributed by atoms with van der Waals surface area (Å²) in [7, 11) is 1.20. The van der Waals surface area contributed by atoms with E-state index in [1.54, 1.807) is 18.9 Å². The lowest BCUT2D eigenvalue weighted by atomic mass is 9.90. The van der Waals surface area contributed by atoms with Gasteiger partial charge in [0.05, 0.1) is 31.0 Å². The molecule has 0 N–H and O–H groups in total. The van der Waals surface area contributed by atoms with Gasteiger partial charge in [-0.15, -0.1) is 11.3 Å². The number of ether oxygens (including phenoxy) is 2. The number of carbonyl (C=O) groups is 4. The molecule has 3 heterocycles. The first kappa shape index (κ1) is 24.7. The predicted octanol–water partition coefficient (Wildman–Crippen LogP) is 4.07. The van der Waals surface area contributed by atoms with E-state index in [1.165, 1.54) is 7.11 Å². The quantitative estimate of drug-likeness (QED) is 0.354. The Labute approximate surface area is 217 Å². The van der Waals surface area contributed by atoms with Gasteiger partial charge in [0.25, 0.3) is 5.91 Å². The largest absolute Gasteiger partial charge is 0.465 e. The number of hydrogen-bond acceptors (Lipinski definition) is 9. The maximum atomic E-state index is 14.0. The first-order chi connectivity index (χ1) is 17.9. The van der Waals surface area contributed by atoms with Crippen molar-refractivity contribution in [2.24, 2.45) is 5.92 Å². The topological polar surface area (TPSA) is 102 Å². The molecule has 190 valence electrons. The second kappa shape index (κ2) is 9.79. The van der Waals surface area contributed by atoms with Crippen LogP contribution in [0.4, 0.5) is 10.7 Å². The van der Waals surface area contributed by atoms with Gasteiger partial charge in [0.2, 0.25) is 5.91 Å². The van der Waals surface area contributed by atoms with Gasteiger partial charge in [0, 0.05) is 0 Å². The van der Waals surface area contributed by atoms with Crippen LogP contribution in [0.2, 0.25) is 0 Å². The number of fused-ring (bicyclic) bond motifs is 1. The van der Waals surface area contributed by atoms with Crippen molar-refractivity contribution in [1.29, 1.82) is 0 Å². The number of thiophene rings is 1. The molecule has 2 aliphatic heterocycles. The number of imide groups is 1. The molecule has 0 spiro atoms. The van der Waals surface area contributed by atoms with Crippen LogP contribution in [0.3, 0.4) is 0 Å². The minimum atomic E-state index is -1.11. The monoisotopic (exact) mass is 520 g/mol. The number of hydrogen-bond donors (Lipinski definition) is 0. The maximum absolute atomic E-state index is 14.0. The highest BCUT2D eigenvalue weighted by atomic mass is 32.1. The molecule has 0 bridgehead atoms. The Morgan fingerprint density at radius 1 is 0.973 bits per heavy atom. The third kappa shape index (κ3) is 3.98. The lowest BCUT2D eigenvalue weighted by Crippen LogP contribution is -2.37. The van der Waals surface area contributed by atoms with Crippen molar-refractivity contribution in [3.8, 4) is 0 Å². The Kier molecular flexibility index (Phi) is 6.53. The van der Waals surface area contributed by atoms with E-state index in [2.05, 4.69) is 0 Å². The summed E-state index contributed by atoms with van der Waals surface area (Å²) in [5, 5.41) is 1.63. The molecule has 2 saturated heterocycles. The Bertz CT molecular complexity index is 1370.